The zero-order chi connectivity index (χ0) is 17.7. The van der Waals surface area contributed by atoms with Crippen LogP contribution in [-0.2, 0) is 28.6 Å². The normalized spacial score (nSPS) is 10.1. The van der Waals surface area contributed by atoms with Crippen LogP contribution in [0.15, 0.2) is 72.9 Å². The SMILES string of the molecule is C=CC(=O)OCC=CO.C=CC(=O)OS(=O)(=O)c1ccccc1. The van der Waals surface area contributed by atoms with E-state index in [-0.39, 0.29) is 11.5 Å². The molecule has 1 rings (SSSR count). The maximum Gasteiger partial charge on any atom is 0.346 e. The summed E-state index contributed by atoms with van der Waals surface area (Å²) in [6, 6.07) is 7.41. The molecule has 0 amide bonds. The summed E-state index contributed by atoms with van der Waals surface area (Å²) in [5.74, 6) is -1.48. The summed E-state index contributed by atoms with van der Waals surface area (Å²) in [6.07, 6.45) is 3.98. The Balaban J connectivity index is 0.000000468. The summed E-state index contributed by atoms with van der Waals surface area (Å²) >= 11 is 0. The Morgan fingerprint density at radius 3 is 2.13 bits per heavy atom. The molecule has 0 unspecified atom stereocenters. The lowest BCUT2D eigenvalue weighted by Gasteiger charge is -2.01. The van der Waals surface area contributed by atoms with Gasteiger partial charge in [-0.1, -0.05) is 31.4 Å². The number of esters is 1. The Morgan fingerprint density at radius 1 is 1.09 bits per heavy atom. The van der Waals surface area contributed by atoms with E-state index in [1.807, 2.05) is 0 Å². The molecule has 1 aromatic rings. The second-order valence-electron chi connectivity index (χ2n) is 3.59. The van der Waals surface area contributed by atoms with Gasteiger partial charge in [-0.25, -0.2) is 9.59 Å². The van der Waals surface area contributed by atoms with Gasteiger partial charge in [-0.05, 0) is 18.2 Å². The largest absolute Gasteiger partial charge is 0.516 e. The zero-order valence-corrected chi connectivity index (χ0v) is 12.9. The summed E-state index contributed by atoms with van der Waals surface area (Å²) in [5, 5.41) is 8.05. The molecule has 1 aromatic carbocycles. The van der Waals surface area contributed by atoms with Gasteiger partial charge in [0.15, 0.2) is 0 Å². The topological polar surface area (TPSA) is 107 Å². The van der Waals surface area contributed by atoms with Crippen molar-refractivity contribution in [3.05, 3.63) is 68.0 Å². The minimum absolute atomic E-state index is 0.0600. The van der Waals surface area contributed by atoms with Crippen molar-refractivity contribution in [1.29, 1.82) is 0 Å². The van der Waals surface area contributed by atoms with Crippen LogP contribution in [-0.4, -0.2) is 32.1 Å². The van der Waals surface area contributed by atoms with Crippen molar-refractivity contribution in [3.8, 4) is 0 Å². The van der Waals surface area contributed by atoms with E-state index in [1.165, 1.54) is 30.3 Å². The molecule has 0 aromatic heterocycles. The first kappa shape index (κ1) is 20.1. The molecule has 0 heterocycles. The fourth-order valence-corrected chi connectivity index (χ4v) is 1.88. The number of carbonyl (C=O) groups is 2. The average molecular weight is 340 g/mol. The monoisotopic (exact) mass is 340 g/mol. The Hall–Kier alpha value is -2.87. The molecule has 0 fully saturated rings. The van der Waals surface area contributed by atoms with Crippen LogP contribution in [0.3, 0.4) is 0 Å². The van der Waals surface area contributed by atoms with Crippen molar-refractivity contribution in [1.82, 2.24) is 0 Å². The third-order valence-corrected chi connectivity index (χ3v) is 3.22. The van der Waals surface area contributed by atoms with Crippen molar-refractivity contribution in [3.63, 3.8) is 0 Å². The smallest absolute Gasteiger partial charge is 0.346 e. The molecule has 0 bridgehead atoms. The average Bonchev–Trinajstić information content (AvgIpc) is 2.56. The second kappa shape index (κ2) is 10.8. The fourth-order valence-electron chi connectivity index (χ4n) is 1.01. The molecular formula is C15H16O7S. The Morgan fingerprint density at radius 2 is 1.65 bits per heavy atom. The maximum atomic E-state index is 11.3. The third-order valence-electron chi connectivity index (χ3n) is 1.98. The summed E-state index contributed by atoms with van der Waals surface area (Å²) in [4.78, 5) is 20.9. The number of aliphatic hydroxyl groups excluding tert-OH is 1. The zero-order valence-electron chi connectivity index (χ0n) is 12.1. The molecule has 8 heteroatoms. The predicted octanol–water partition coefficient (Wildman–Crippen LogP) is 1.89. The lowest BCUT2D eigenvalue weighted by Crippen LogP contribution is -2.10. The van der Waals surface area contributed by atoms with E-state index in [0.717, 1.165) is 18.4 Å². The molecule has 0 aliphatic heterocycles. The van der Waals surface area contributed by atoms with Crippen LogP contribution in [0.2, 0.25) is 0 Å². The van der Waals surface area contributed by atoms with Gasteiger partial charge in [0.25, 0.3) is 0 Å². The van der Waals surface area contributed by atoms with Gasteiger partial charge in [0, 0.05) is 12.2 Å². The van der Waals surface area contributed by atoms with E-state index in [1.54, 1.807) is 6.07 Å². The quantitative estimate of drug-likeness (QED) is 0.365. The van der Waals surface area contributed by atoms with Gasteiger partial charge in [-0.2, -0.15) is 8.42 Å². The van der Waals surface area contributed by atoms with Gasteiger partial charge >= 0.3 is 22.1 Å². The molecule has 0 saturated carbocycles. The molecule has 0 saturated heterocycles. The maximum absolute atomic E-state index is 11.3. The van der Waals surface area contributed by atoms with Crippen molar-refractivity contribution in [2.75, 3.05) is 6.61 Å². The van der Waals surface area contributed by atoms with E-state index >= 15 is 0 Å². The van der Waals surface area contributed by atoms with Gasteiger partial charge in [-0.3, -0.25) is 0 Å². The van der Waals surface area contributed by atoms with Crippen molar-refractivity contribution in [2.45, 2.75) is 4.90 Å². The van der Waals surface area contributed by atoms with E-state index in [2.05, 4.69) is 22.1 Å². The Kier molecular flexibility index (Phi) is 9.45. The molecular weight excluding hydrogens is 324 g/mol. The first-order chi connectivity index (χ1) is 10.9. The predicted molar refractivity (Wildman–Crippen MR) is 82.8 cm³/mol. The molecule has 124 valence electrons. The van der Waals surface area contributed by atoms with Gasteiger partial charge in [0.1, 0.15) is 11.5 Å². The molecule has 0 aliphatic rings. The van der Waals surface area contributed by atoms with Crippen LogP contribution in [0.4, 0.5) is 0 Å². The minimum Gasteiger partial charge on any atom is -0.516 e. The van der Waals surface area contributed by atoms with E-state index in [4.69, 9.17) is 5.11 Å². The van der Waals surface area contributed by atoms with Crippen LogP contribution in [0, 0.1) is 0 Å². The highest BCUT2D eigenvalue weighted by Gasteiger charge is 2.17. The number of rotatable bonds is 6. The Labute approximate surface area is 134 Å². The number of aliphatic hydroxyl groups is 1. The molecule has 0 aliphatic carbocycles. The number of carbonyl (C=O) groups excluding carboxylic acids is 2. The van der Waals surface area contributed by atoms with Crippen LogP contribution >= 0.6 is 0 Å². The third kappa shape index (κ3) is 8.89. The van der Waals surface area contributed by atoms with Crippen molar-refractivity contribution < 1.29 is 32.0 Å². The number of hydrogen-bond donors (Lipinski definition) is 1. The highest BCUT2D eigenvalue weighted by molar-refractivity contribution is 7.87. The molecule has 0 atom stereocenters. The standard InChI is InChI=1S/C9H8O4S.C6H8O3/c1-2-9(10)13-14(11,12)8-6-4-3-5-7-8;1-2-6(8)9-5-3-4-7/h2-7H,1H2;2-4,7H,1,5H2. The lowest BCUT2D eigenvalue weighted by atomic mass is 10.4. The molecule has 0 radical (unpaired) electrons. The molecule has 0 spiro atoms. The van der Waals surface area contributed by atoms with Gasteiger partial charge in [0.2, 0.25) is 0 Å². The number of benzene rings is 1. The minimum atomic E-state index is -3.99. The van der Waals surface area contributed by atoms with E-state index in [9.17, 15) is 18.0 Å². The van der Waals surface area contributed by atoms with Crippen LogP contribution in [0.25, 0.3) is 0 Å². The molecule has 23 heavy (non-hydrogen) atoms. The number of ether oxygens (including phenoxy) is 1. The highest BCUT2D eigenvalue weighted by atomic mass is 32.2. The summed E-state index contributed by atoms with van der Waals surface area (Å²) in [7, 11) is -3.99. The van der Waals surface area contributed by atoms with Crippen molar-refractivity contribution >= 4 is 22.1 Å². The fraction of sp³-hybridized carbons (Fsp3) is 0.0667. The first-order valence-corrected chi connectivity index (χ1v) is 7.52. The summed E-state index contributed by atoms with van der Waals surface area (Å²) in [6.45, 7) is 6.36. The van der Waals surface area contributed by atoms with E-state index < -0.39 is 22.1 Å². The van der Waals surface area contributed by atoms with Gasteiger partial charge < -0.3 is 14.0 Å². The van der Waals surface area contributed by atoms with E-state index in [0.29, 0.717) is 0 Å². The highest BCUT2D eigenvalue weighted by Crippen LogP contribution is 2.11. The van der Waals surface area contributed by atoms with Crippen LogP contribution in [0.5, 0.6) is 0 Å². The van der Waals surface area contributed by atoms with Gasteiger partial charge in [-0.15, -0.1) is 0 Å². The first-order valence-electron chi connectivity index (χ1n) is 6.11. The Bertz CT molecular complexity index is 660. The summed E-state index contributed by atoms with van der Waals surface area (Å²) < 4.78 is 31.2. The summed E-state index contributed by atoms with van der Waals surface area (Å²) in [5.41, 5.74) is 0. The lowest BCUT2D eigenvalue weighted by molar-refractivity contribution is -0.136. The van der Waals surface area contributed by atoms with Crippen LogP contribution < -0.4 is 0 Å². The van der Waals surface area contributed by atoms with Gasteiger partial charge in [0.05, 0.1) is 6.26 Å². The van der Waals surface area contributed by atoms with Crippen LogP contribution in [0.1, 0.15) is 0 Å². The second-order valence-corrected chi connectivity index (χ2v) is 5.14. The molecule has 7 nitrogen and oxygen atoms in total. The molecule has 1 N–H and O–H groups in total. The number of hydrogen-bond acceptors (Lipinski definition) is 7. The van der Waals surface area contributed by atoms with Crippen molar-refractivity contribution in [2.24, 2.45) is 0 Å².